The molecule has 0 bridgehead atoms. The van der Waals surface area contributed by atoms with Gasteiger partial charge in [-0.05, 0) is 42.4 Å². The highest BCUT2D eigenvalue weighted by Crippen LogP contribution is 2.30. The first-order valence-electron chi connectivity index (χ1n) is 8.39. The monoisotopic (exact) mass is 308 g/mol. The van der Waals surface area contributed by atoms with Gasteiger partial charge in [0, 0.05) is 12.5 Å². The van der Waals surface area contributed by atoms with Crippen molar-refractivity contribution in [2.75, 3.05) is 6.54 Å². The first-order valence-corrected chi connectivity index (χ1v) is 8.39. The number of rotatable bonds is 5. The van der Waals surface area contributed by atoms with Gasteiger partial charge in [-0.25, -0.2) is 0 Å². The van der Waals surface area contributed by atoms with Gasteiger partial charge >= 0.3 is 0 Å². The number of carbonyl (C=O) groups is 1. The second-order valence-corrected chi connectivity index (χ2v) is 6.33. The quantitative estimate of drug-likeness (QED) is 0.892. The third kappa shape index (κ3) is 3.99. The predicted octanol–water partition coefficient (Wildman–Crippen LogP) is 2.79. The molecule has 0 fully saturated rings. The second kappa shape index (κ2) is 7.42. The average molecular weight is 308 g/mol. The molecule has 3 rings (SSSR count). The summed E-state index contributed by atoms with van der Waals surface area (Å²) in [4.78, 5) is 12.3. The minimum atomic E-state index is -0.490. The smallest absolute Gasteiger partial charge is 0.237 e. The summed E-state index contributed by atoms with van der Waals surface area (Å²) in [6.07, 6.45) is 4.04. The van der Waals surface area contributed by atoms with E-state index in [1.54, 1.807) is 0 Å². The Labute approximate surface area is 137 Å². The molecule has 2 unspecified atom stereocenters. The van der Waals surface area contributed by atoms with Gasteiger partial charge in [0.1, 0.15) is 0 Å². The summed E-state index contributed by atoms with van der Waals surface area (Å²) >= 11 is 0. The molecule has 2 aromatic rings. The van der Waals surface area contributed by atoms with E-state index in [9.17, 15) is 4.79 Å². The second-order valence-electron chi connectivity index (χ2n) is 6.33. The number of hydrogen-bond donors (Lipinski definition) is 2. The fraction of sp³-hybridized carbons (Fsp3) is 0.350. The fourth-order valence-corrected chi connectivity index (χ4v) is 3.38. The standard InChI is InChI=1S/C20H24N2O/c21-19(13-15-7-2-1-3-8-15)20(23)22-14-17-11-6-10-16-9-4-5-12-18(16)17/h1-5,7-9,12,17,19H,6,10-11,13-14,21H2,(H,22,23). The molecular formula is C20H24N2O. The maximum atomic E-state index is 12.3. The van der Waals surface area contributed by atoms with Gasteiger partial charge in [-0.1, -0.05) is 54.6 Å². The number of carbonyl (C=O) groups excluding carboxylic acids is 1. The van der Waals surface area contributed by atoms with Crippen molar-refractivity contribution >= 4 is 5.91 Å². The van der Waals surface area contributed by atoms with E-state index in [1.807, 2.05) is 30.3 Å². The Balaban J connectivity index is 1.55. The molecular weight excluding hydrogens is 284 g/mol. The Morgan fingerprint density at radius 3 is 2.70 bits per heavy atom. The number of nitrogens with one attached hydrogen (secondary N) is 1. The lowest BCUT2D eigenvalue weighted by molar-refractivity contribution is -0.122. The highest BCUT2D eigenvalue weighted by Gasteiger charge is 2.21. The first kappa shape index (κ1) is 15.8. The molecule has 0 saturated carbocycles. The zero-order valence-electron chi connectivity index (χ0n) is 13.4. The molecule has 3 nitrogen and oxygen atoms in total. The number of hydrogen-bond acceptors (Lipinski definition) is 2. The SMILES string of the molecule is NC(Cc1ccccc1)C(=O)NCC1CCCc2ccccc21. The number of aryl methyl sites for hydroxylation is 1. The largest absolute Gasteiger partial charge is 0.354 e. The fourth-order valence-electron chi connectivity index (χ4n) is 3.38. The lowest BCUT2D eigenvalue weighted by Gasteiger charge is -2.26. The van der Waals surface area contributed by atoms with E-state index in [-0.39, 0.29) is 5.91 Å². The van der Waals surface area contributed by atoms with Crippen LogP contribution in [0.25, 0.3) is 0 Å². The van der Waals surface area contributed by atoms with Crippen molar-refractivity contribution in [1.29, 1.82) is 0 Å². The lowest BCUT2D eigenvalue weighted by Crippen LogP contribution is -2.43. The van der Waals surface area contributed by atoms with Crippen LogP contribution in [0.2, 0.25) is 0 Å². The average Bonchev–Trinajstić information content (AvgIpc) is 2.60. The van der Waals surface area contributed by atoms with E-state index in [1.165, 1.54) is 17.5 Å². The van der Waals surface area contributed by atoms with Gasteiger partial charge in [0.2, 0.25) is 5.91 Å². The van der Waals surface area contributed by atoms with E-state index in [0.717, 1.165) is 18.4 Å². The van der Waals surface area contributed by atoms with Crippen LogP contribution < -0.4 is 11.1 Å². The number of fused-ring (bicyclic) bond motifs is 1. The van der Waals surface area contributed by atoms with Gasteiger partial charge in [0.25, 0.3) is 0 Å². The molecule has 3 heteroatoms. The molecule has 2 aromatic carbocycles. The van der Waals surface area contributed by atoms with E-state index < -0.39 is 6.04 Å². The summed E-state index contributed by atoms with van der Waals surface area (Å²) in [6, 6.07) is 18.0. The summed E-state index contributed by atoms with van der Waals surface area (Å²) < 4.78 is 0. The van der Waals surface area contributed by atoms with Crippen LogP contribution in [0, 0.1) is 0 Å². The minimum absolute atomic E-state index is 0.0584. The van der Waals surface area contributed by atoms with E-state index in [4.69, 9.17) is 5.73 Å². The third-order valence-corrected chi connectivity index (χ3v) is 4.65. The molecule has 0 aliphatic heterocycles. The van der Waals surface area contributed by atoms with Crippen molar-refractivity contribution in [2.24, 2.45) is 5.73 Å². The van der Waals surface area contributed by atoms with Gasteiger partial charge in [-0.15, -0.1) is 0 Å². The van der Waals surface area contributed by atoms with Crippen LogP contribution in [0.15, 0.2) is 54.6 Å². The molecule has 0 radical (unpaired) electrons. The van der Waals surface area contributed by atoms with Gasteiger partial charge in [0.15, 0.2) is 0 Å². The summed E-state index contributed by atoms with van der Waals surface area (Å²) in [5, 5.41) is 3.05. The molecule has 1 aliphatic carbocycles. The van der Waals surface area contributed by atoms with Crippen molar-refractivity contribution in [1.82, 2.24) is 5.32 Å². The van der Waals surface area contributed by atoms with Gasteiger partial charge in [-0.2, -0.15) is 0 Å². The number of amides is 1. The highest BCUT2D eigenvalue weighted by atomic mass is 16.2. The van der Waals surface area contributed by atoms with Crippen LogP contribution >= 0.6 is 0 Å². The van der Waals surface area contributed by atoms with Crippen molar-refractivity contribution in [3.05, 3.63) is 71.3 Å². The molecule has 0 saturated heterocycles. The lowest BCUT2D eigenvalue weighted by atomic mass is 9.83. The van der Waals surface area contributed by atoms with Crippen molar-refractivity contribution in [3.63, 3.8) is 0 Å². The van der Waals surface area contributed by atoms with Crippen molar-refractivity contribution in [3.8, 4) is 0 Å². The third-order valence-electron chi connectivity index (χ3n) is 4.65. The molecule has 3 N–H and O–H groups in total. The molecule has 23 heavy (non-hydrogen) atoms. The van der Waals surface area contributed by atoms with Crippen molar-refractivity contribution < 1.29 is 4.79 Å². The number of nitrogens with two attached hydrogens (primary N) is 1. The topological polar surface area (TPSA) is 55.1 Å². The molecule has 120 valence electrons. The summed E-state index contributed by atoms with van der Waals surface area (Å²) in [7, 11) is 0. The Kier molecular flexibility index (Phi) is 5.09. The molecule has 0 heterocycles. The van der Waals surface area contributed by atoms with Gasteiger partial charge < -0.3 is 11.1 Å². The Bertz CT molecular complexity index is 654. The summed E-state index contributed by atoms with van der Waals surface area (Å²) in [5.74, 6) is 0.352. The molecule has 1 aliphatic rings. The normalized spacial score (nSPS) is 18.0. The van der Waals surface area contributed by atoms with Gasteiger partial charge in [-0.3, -0.25) is 4.79 Å². The summed E-state index contributed by atoms with van der Waals surface area (Å²) in [6.45, 7) is 0.679. The maximum absolute atomic E-state index is 12.3. The minimum Gasteiger partial charge on any atom is -0.354 e. The summed E-state index contributed by atoms with van der Waals surface area (Å²) in [5.41, 5.74) is 9.95. The van der Waals surface area contributed by atoms with E-state index >= 15 is 0 Å². The van der Waals surface area contributed by atoms with Crippen LogP contribution in [0.3, 0.4) is 0 Å². The van der Waals surface area contributed by atoms with Crippen LogP contribution in [0.1, 0.15) is 35.4 Å². The van der Waals surface area contributed by atoms with Crippen LogP contribution in [0.4, 0.5) is 0 Å². The first-order chi connectivity index (χ1) is 11.2. The Morgan fingerprint density at radius 2 is 1.87 bits per heavy atom. The Hall–Kier alpha value is -2.13. The van der Waals surface area contributed by atoms with Crippen LogP contribution in [-0.2, 0) is 17.6 Å². The molecule has 0 aromatic heterocycles. The van der Waals surface area contributed by atoms with Crippen molar-refractivity contribution in [2.45, 2.75) is 37.6 Å². The molecule has 2 atom stereocenters. The molecule has 1 amide bonds. The van der Waals surface area contributed by atoms with E-state index in [2.05, 4.69) is 29.6 Å². The Morgan fingerprint density at radius 1 is 1.13 bits per heavy atom. The van der Waals surface area contributed by atoms with Gasteiger partial charge in [0.05, 0.1) is 6.04 Å². The maximum Gasteiger partial charge on any atom is 0.237 e. The van der Waals surface area contributed by atoms with E-state index in [0.29, 0.717) is 18.9 Å². The zero-order valence-corrected chi connectivity index (χ0v) is 13.4. The number of benzene rings is 2. The molecule has 0 spiro atoms. The van der Waals surface area contributed by atoms with Crippen LogP contribution in [-0.4, -0.2) is 18.5 Å². The zero-order chi connectivity index (χ0) is 16.1. The van der Waals surface area contributed by atoms with Crippen LogP contribution in [0.5, 0.6) is 0 Å². The predicted molar refractivity (Wildman–Crippen MR) is 93.3 cm³/mol. The highest BCUT2D eigenvalue weighted by molar-refractivity contribution is 5.81.